The van der Waals surface area contributed by atoms with Gasteiger partial charge in [0.2, 0.25) is 0 Å². The minimum atomic E-state index is -4.51. The quantitative estimate of drug-likeness (QED) is 0.806. The van der Waals surface area contributed by atoms with Gasteiger partial charge in [0, 0.05) is 0 Å². The molecule has 2 bridgehead atoms. The van der Waals surface area contributed by atoms with E-state index in [-0.39, 0.29) is 12.3 Å². The second-order valence-corrected chi connectivity index (χ2v) is 7.94. The Bertz CT molecular complexity index is 390. The molecule has 0 aromatic carbocycles. The first-order valence-electron chi connectivity index (χ1n) is 7.91. The first-order chi connectivity index (χ1) is 9.12. The van der Waals surface area contributed by atoms with E-state index < -0.39 is 11.8 Å². The lowest BCUT2D eigenvalue weighted by Gasteiger charge is -2.38. The van der Waals surface area contributed by atoms with E-state index in [9.17, 15) is 18.3 Å². The molecule has 8 unspecified atom stereocenters. The minimum absolute atomic E-state index is 0.0608. The summed E-state index contributed by atoms with van der Waals surface area (Å²) in [6.45, 7) is 5.50. The molecule has 3 saturated carbocycles. The number of halogens is 3. The zero-order valence-electron chi connectivity index (χ0n) is 12.5. The molecule has 1 nitrogen and oxygen atoms in total. The first-order valence-corrected chi connectivity index (χ1v) is 7.91. The van der Waals surface area contributed by atoms with Crippen LogP contribution in [0, 0.1) is 41.4 Å². The highest BCUT2D eigenvalue weighted by molar-refractivity contribution is 5.07. The van der Waals surface area contributed by atoms with Crippen molar-refractivity contribution < 1.29 is 18.3 Å². The Morgan fingerprint density at radius 2 is 1.70 bits per heavy atom. The van der Waals surface area contributed by atoms with E-state index in [1.165, 1.54) is 6.42 Å². The third-order valence-corrected chi connectivity index (χ3v) is 6.80. The Kier molecular flexibility index (Phi) is 3.21. The normalized spacial score (nSPS) is 50.2. The van der Waals surface area contributed by atoms with Crippen molar-refractivity contribution in [1.82, 2.24) is 0 Å². The average Bonchev–Trinajstić information content (AvgIpc) is 2.90. The van der Waals surface area contributed by atoms with Gasteiger partial charge < -0.3 is 5.11 Å². The van der Waals surface area contributed by atoms with Crippen molar-refractivity contribution >= 4 is 0 Å². The molecule has 0 aliphatic heterocycles. The molecule has 0 radical (unpaired) electrons. The molecule has 3 aliphatic rings. The molecule has 4 heteroatoms. The zero-order chi connectivity index (χ0) is 14.9. The van der Waals surface area contributed by atoms with E-state index in [1.54, 1.807) is 0 Å². The molecule has 0 saturated heterocycles. The Hall–Kier alpha value is -0.250. The number of rotatable bonds is 2. The van der Waals surface area contributed by atoms with Crippen LogP contribution in [0.25, 0.3) is 0 Å². The van der Waals surface area contributed by atoms with Crippen LogP contribution in [0.4, 0.5) is 13.2 Å². The third kappa shape index (κ3) is 2.01. The highest BCUT2D eigenvalue weighted by atomic mass is 19.4. The lowest BCUT2D eigenvalue weighted by molar-refractivity contribution is -0.260. The highest BCUT2D eigenvalue weighted by Gasteiger charge is 2.60. The maximum absolute atomic E-state index is 12.9. The Morgan fingerprint density at radius 1 is 1.05 bits per heavy atom. The van der Waals surface area contributed by atoms with E-state index in [0.717, 1.165) is 25.7 Å². The van der Waals surface area contributed by atoms with Crippen molar-refractivity contribution in [3.63, 3.8) is 0 Å². The summed E-state index contributed by atoms with van der Waals surface area (Å²) in [7, 11) is 0. The molecule has 0 heterocycles. The summed E-state index contributed by atoms with van der Waals surface area (Å²) in [6, 6.07) is 0. The largest absolute Gasteiger partial charge is 0.416 e. The summed E-state index contributed by atoms with van der Waals surface area (Å²) in [5.41, 5.74) is -2.52. The fourth-order valence-corrected chi connectivity index (χ4v) is 5.67. The van der Waals surface area contributed by atoms with Crippen LogP contribution in [0.2, 0.25) is 0 Å². The molecule has 3 fully saturated rings. The van der Waals surface area contributed by atoms with Gasteiger partial charge in [0.15, 0.2) is 5.60 Å². The van der Waals surface area contributed by atoms with Crippen molar-refractivity contribution in [3.05, 3.63) is 0 Å². The second kappa shape index (κ2) is 4.37. The number of hydrogen-bond acceptors (Lipinski definition) is 1. The van der Waals surface area contributed by atoms with Gasteiger partial charge in [-0.05, 0) is 74.0 Å². The van der Waals surface area contributed by atoms with E-state index in [1.807, 2.05) is 0 Å². The van der Waals surface area contributed by atoms with Gasteiger partial charge in [-0.1, -0.05) is 13.8 Å². The highest BCUT2D eigenvalue weighted by Crippen LogP contribution is 2.65. The monoisotopic (exact) mass is 290 g/mol. The molecule has 0 aromatic heterocycles. The molecule has 0 aromatic rings. The smallest absolute Gasteiger partial charge is 0.381 e. The lowest BCUT2D eigenvalue weighted by Crippen LogP contribution is -2.45. The van der Waals surface area contributed by atoms with Gasteiger partial charge in [0.1, 0.15) is 0 Å². The Morgan fingerprint density at radius 3 is 2.30 bits per heavy atom. The molecule has 3 rings (SSSR count). The first kappa shape index (κ1) is 14.7. The van der Waals surface area contributed by atoms with Crippen LogP contribution in [0.5, 0.6) is 0 Å². The molecule has 3 aliphatic carbocycles. The van der Waals surface area contributed by atoms with Crippen LogP contribution in [0.3, 0.4) is 0 Å². The number of hydrogen-bond donors (Lipinski definition) is 1. The van der Waals surface area contributed by atoms with Gasteiger partial charge in [-0.25, -0.2) is 0 Å². The molecular formula is C16H25F3O. The van der Waals surface area contributed by atoms with Crippen LogP contribution in [-0.2, 0) is 0 Å². The summed E-state index contributed by atoms with van der Waals surface area (Å²) < 4.78 is 38.7. The molecular weight excluding hydrogens is 265 g/mol. The standard InChI is InChI=1S/C16H25F3O/c1-8-4-12-10-5-11(7-15(3,20)16(17,18)19)13(6-10)14(12)9(8)2/h8-14,20H,4-7H2,1-3H3. The van der Waals surface area contributed by atoms with Crippen molar-refractivity contribution in [2.75, 3.05) is 0 Å². The van der Waals surface area contributed by atoms with E-state index in [0.29, 0.717) is 29.6 Å². The van der Waals surface area contributed by atoms with Crippen LogP contribution >= 0.6 is 0 Å². The fourth-order valence-electron chi connectivity index (χ4n) is 5.67. The van der Waals surface area contributed by atoms with Gasteiger partial charge in [0.05, 0.1) is 0 Å². The second-order valence-electron chi connectivity index (χ2n) is 7.94. The number of alkyl halides is 3. The van der Waals surface area contributed by atoms with E-state index in [4.69, 9.17) is 0 Å². The van der Waals surface area contributed by atoms with Crippen LogP contribution < -0.4 is 0 Å². The predicted molar refractivity (Wildman–Crippen MR) is 70.9 cm³/mol. The lowest BCUT2D eigenvalue weighted by atomic mass is 9.70. The SMILES string of the molecule is CC1CC2C3CC(CC(C)(O)C(F)(F)F)C(C3)C2C1C. The maximum Gasteiger partial charge on any atom is 0.416 e. The summed E-state index contributed by atoms with van der Waals surface area (Å²) >= 11 is 0. The summed E-state index contributed by atoms with van der Waals surface area (Å²) in [5.74, 6) is 3.79. The minimum Gasteiger partial charge on any atom is -0.381 e. The molecule has 8 atom stereocenters. The van der Waals surface area contributed by atoms with Crippen LogP contribution in [0.1, 0.15) is 46.5 Å². The van der Waals surface area contributed by atoms with Crippen molar-refractivity contribution in [2.24, 2.45) is 41.4 Å². The molecule has 116 valence electrons. The summed E-state index contributed by atoms with van der Waals surface area (Å²) in [6.07, 6.45) is -1.36. The summed E-state index contributed by atoms with van der Waals surface area (Å²) in [4.78, 5) is 0. The molecule has 20 heavy (non-hydrogen) atoms. The average molecular weight is 290 g/mol. The number of aliphatic hydroxyl groups is 1. The summed E-state index contributed by atoms with van der Waals surface area (Å²) in [5, 5.41) is 9.77. The zero-order valence-corrected chi connectivity index (χ0v) is 12.5. The Labute approximate surface area is 118 Å². The van der Waals surface area contributed by atoms with Crippen LogP contribution in [0.15, 0.2) is 0 Å². The fraction of sp³-hybridized carbons (Fsp3) is 1.00. The van der Waals surface area contributed by atoms with Gasteiger partial charge in [0.25, 0.3) is 0 Å². The van der Waals surface area contributed by atoms with E-state index >= 15 is 0 Å². The van der Waals surface area contributed by atoms with Gasteiger partial charge in [-0.2, -0.15) is 13.2 Å². The van der Waals surface area contributed by atoms with Crippen molar-refractivity contribution in [1.29, 1.82) is 0 Å². The molecule has 0 amide bonds. The van der Waals surface area contributed by atoms with Gasteiger partial charge >= 0.3 is 6.18 Å². The molecule has 1 N–H and O–H groups in total. The van der Waals surface area contributed by atoms with Gasteiger partial charge in [-0.15, -0.1) is 0 Å². The Balaban J connectivity index is 1.74. The molecule has 0 spiro atoms. The number of fused-ring (bicyclic) bond motifs is 5. The van der Waals surface area contributed by atoms with Crippen molar-refractivity contribution in [3.8, 4) is 0 Å². The van der Waals surface area contributed by atoms with E-state index in [2.05, 4.69) is 13.8 Å². The third-order valence-electron chi connectivity index (χ3n) is 6.80. The van der Waals surface area contributed by atoms with Gasteiger partial charge in [-0.3, -0.25) is 0 Å². The topological polar surface area (TPSA) is 20.2 Å². The van der Waals surface area contributed by atoms with Crippen LogP contribution in [-0.4, -0.2) is 16.9 Å². The maximum atomic E-state index is 12.9. The van der Waals surface area contributed by atoms with Crippen molar-refractivity contribution in [2.45, 2.75) is 58.2 Å². The predicted octanol–water partition coefficient (Wildman–Crippen LogP) is 4.25.